The van der Waals surface area contributed by atoms with E-state index < -0.39 is 17.7 Å². The highest BCUT2D eigenvalue weighted by molar-refractivity contribution is 6.25. The van der Waals surface area contributed by atoms with Crippen LogP contribution in [0.1, 0.15) is 13.8 Å². The van der Waals surface area contributed by atoms with Crippen LogP contribution in [0, 0.1) is 5.92 Å². The van der Waals surface area contributed by atoms with Crippen LogP contribution in [0.2, 0.25) is 0 Å². The monoisotopic (exact) mass is 363 g/mol. The zero-order valence-electron chi connectivity index (χ0n) is 14.8. The van der Waals surface area contributed by atoms with E-state index in [4.69, 9.17) is 19.9 Å². The van der Waals surface area contributed by atoms with E-state index >= 15 is 0 Å². The number of ether oxygens (including phenoxy) is 3. The maximum atomic E-state index is 13.2. The smallest absolute Gasteiger partial charge is 0.404 e. The van der Waals surface area contributed by atoms with Gasteiger partial charge in [-0.15, -0.1) is 0 Å². The van der Waals surface area contributed by atoms with E-state index in [2.05, 4.69) is 5.32 Å². The first-order valence-electron chi connectivity index (χ1n) is 8.56. The number of ketones is 2. The van der Waals surface area contributed by atoms with Crippen LogP contribution in [0.15, 0.2) is 22.6 Å². The molecule has 140 valence electrons. The van der Waals surface area contributed by atoms with Crippen molar-refractivity contribution >= 4 is 17.7 Å². The van der Waals surface area contributed by atoms with Gasteiger partial charge in [-0.1, -0.05) is 0 Å². The van der Waals surface area contributed by atoms with Crippen molar-refractivity contribution < 1.29 is 28.6 Å². The van der Waals surface area contributed by atoms with Gasteiger partial charge >= 0.3 is 6.09 Å². The summed E-state index contributed by atoms with van der Waals surface area (Å²) in [6.45, 7) is 3.99. The summed E-state index contributed by atoms with van der Waals surface area (Å²) < 4.78 is 16.4. The molecule has 4 atom stereocenters. The molecule has 0 aromatic heterocycles. The van der Waals surface area contributed by atoms with Crippen molar-refractivity contribution in [3.63, 3.8) is 0 Å². The summed E-state index contributed by atoms with van der Waals surface area (Å²) >= 11 is 0. The average Bonchev–Trinajstić information content (AvgIpc) is 3.21. The van der Waals surface area contributed by atoms with Crippen molar-refractivity contribution in [1.82, 2.24) is 10.2 Å². The van der Waals surface area contributed by atoms with E-state index in [1.165, 1.54) is 7.11 Å². The van der Waals surface area contributed by atoms with Crippen LogP contribution in [0.5, 0.6) is 0 Å². The largest absolute Gasteiger partial charge is 0.489 e. The van der Waals surface area contributed by atoms with Crippen molar-refractivity contribution in [3.05, 3.63) is 22.6 Å². The lowest BCUT2D eigenvalue weighted by atomic mass is 9.83. The van der Waals surface area contributed by atoms with Crippen LogP contribution in [-0.2, 0) is 23.8 Å². The van der Waals surface area contributed by atoms with Gasteiger partial charge in [-0.2, -0.15) is 0 Å². The number of methoxy groups -OCH3 is 1. The minimum atomic E-state index is -0.960. The Morgan fingerprint density at radius 3 is 2.73 bits per heavy atom. The first-order chi connectivity index (χ1) is 12.4. The van der Waals surface area contributed by atoms with Gasteiger partial charge in [0.05, 0.1) is 24.3 Å². The number of allylic oxidation sites excluding steroid dienone is 2. The molecule has 3 aliphatic heterocycles. The Morgan fingerprint density at radius 1 is 1.38 bits per heavy atom. The first-order valence-corrected chi connectivity index (χ1v) is 8.56. The molecule has 9 nitrogen and oxygen atoms in total. The van der Waals surface area contributed by atoms with Crippen molar-refractivity contribution in [2.24, 2.45) is 11.7 Å². The maximum absolute atomic E-state index is 13.2. The number of nitrogens with one attached hydrogen (secondary N) is 1. The Balaban J connectivity index is 1.82. The molecule has 0 aromatic rings. The van der Waals surface area contributed by atoms with Crippen molar-refractivity contribution in [2.45, 2.75) is 31.7 Å². The van der Waals surface area contributed by atoms with Crippen LogP contribution < -0.4 is 11.1 Å². The third-order valence-corrected chi connectivity index (χ3v) is 5.66. The van der Waals surface area contributed by atoms with Gasteiger partial charge in [0.2, 0.25) is 11.6 Å². The van der Waals surface area contributed by atoms with Crippen molar-refractivity contribution in [3.8, 4) is 0 Å². The molecule has 0 spiro atoms. The minimum Gasteiger partial charge on any atom is -0.489 e. The van der Waals surface area contributed by atoms with Gasteiger partial charge in [0.15, 0.2) is 11.5 Å². The summed E-state index contributed by atoms with van der Waals surface area (Å²) in [5, 5.41) is 3.30. The third kappa shape index (κ3) is 1.95. The molecule has 1 amide bonds. The number of rotatable bonds is 5. The number of fused-ring (bicyclic) bond motifs is 4. The maximum Gasteiger partial charge on any atom is 0.404 e. The highest BCUT2D eigenvalue weighted by Crippen LogP contribution is 2.55. The number of nitrogens with two attached hydrogens (primary N) is 1. The number of hydrogen-bond donors (Lipinski definition) is 2. The fourth-order valence-electron chi connectivity index (χ4n) is 4.59. The lowest BCUT2D eigenvalue weighted by molar-refractivity contribution is -0.137. The molecule has 0 bridgehead atoms. The second-order valence-corrected chi connectivity index (χ2v) is 6.81. The number of piperazine rings is 1. The number of primary amides is 1. The lowest BCUT2D eigenvalue weighted by Gasteiger charge is -2.39. The Labute approximate surface area is 150 Å². The Morgan fingerprint density at radius 2 is 2.12 bits per heavy atom. The normalized spacial score (nSPS) is 34.7. The van der Waals surface area contributed by atoms with Gasteiger partial charge in [-0.05, 0) is 13.8 Å². The summed E-state index contributed by atoms with van der Waals surface area (Å²) in [6.07, 6.45) is -0.943. The summed E-state index contributed by atoms with van der Waals surface area (Å²) in [5.41, 5.74) is 5.06. The van der Waals surface area contributed by atoms with E-state index in [9.17, 15) is 14.4 Å². The van der Waals surface area contributed by atoms with E-state index in [0.29, 0.717) is 12.2 Å². The van der Waals surface area contributed by atoms with Crippen LogP contribution in [0.25, 0.3) is 0 Å². The van der Waals surface area contributed by atoms with E-state index in [-0.39, 0.29) is 53.8 Å². The van der Waals surface area contributed by atoms with Gasteiger partial charge in [0.25, 0.3) is 0 Å². The number of amides is 1. The second kappa shape index (κ2) is 5.55. The zero-order chi connectivity index (χ0) is 18.8. The Hall–Kier alpha value is -2.39. The number of nitrogens with zero attached hydrogens (tertiary/aromatic N) is 1. The summed E-state index contributed by atoms with van der Waals surface area (Å²) in [7, 11) is 1.53. The Bertz CT molecular complexity index is 787. The van der Waals surface area contributed by atoms with Gasteiger partial charge in [-0.3, -0.25) is 9.59 Å². The molecule has 0 saturated carbocycles. The molecule has 2 unspecified atom stereocenters. The first kappa shape index (κ1) is 17.0. The summed E-state index contributed by atoms with van der Waals surface area (Å²) in [5.74, 6) is -1.21. The molecule has 1 aliphatic carbocycles. The van der Waals surface area contributed by atoms with Gasteiger partial charge < -0.3 is 30.2 Å². The number of carbonyl (C=O) groups is 3. The standard InChI is InChI=1S/C17H21N3O6/c1-4-25-14-7(2)12(21)11-10(13(14)22)8(6-26-16(18)23)17(24-3)15-9(19-15)5-20(11)17/h8-9,15,19H,4-6H2,1-3H3,(H2,18,23)/t8-,9?,15?,17-/m1/s1. The SMILES string of the molecule is CCOC1=C(C)C(=O)C2=C(C1=O)[C@@H](COC(N)=O)[C@@]1(OC)C3NC3CN21. The molecule has 2 saturated heterocycles. The zero-order valence-corrected chi connectivity index (χ0v) is 14.8. The van der Waals surface area contributed by atoms with Crippen LogP contribution in [-0.4, -0.2) is 67.2 Å². The molecule has 3 N–H and O–H groups in total. The molecule has 0 aromatic carbocycles. The molecule has 2 fully saturated rings. The number of carbonyl (C=O) groups excluding carboxylic acids is 3. The predicted molar refractivity (Wildman–Crippen MR) is 87.5 cm³/mol. The highest BCUT2D eigenvalue weighted by atomic mass is 16.6. The second-order valence-electron chi connectivity index (χ2n) is 6.81. The van der Waals surface area contributed by atoms with Crippen LogP contribution in [0.4, 0.5) is 4.79 Å². The minimum absolute atomic E-state index is 0.0491. The molecule has 26 heavy (non-hydrogen) atoms. The van der Waals surface area contributed by atoms with Gasteiger partial charge in [-0.25, -0.2) is 4.79 Å². The van der Waals surface area contributed by atoms with Crippen molar-refractivity contribution in [2.75, 3.05) is 26.9 Å². The van der Waals surface area contributed by atoms with E-state index in [1.54, 1.807) is 13.8 Å². The summed E-state index contributed by atoms with van der Waals surface area (Å²) in [6, 6.07) is 0.108. The molecule has 4 aliphatic rings. The Kier molecular flexibility index (Phi) is 3.64. The topological polar surface area (TPSA) is 130 Å². The average molecular weight is 363 g/mol. The third-order valence-electron chi connectivity index (χ3n) is 5.66. The molecule has 9 heteroatoms. The molecular weight excluding hydrogens is 342 g/mol. The quantitative estimate of drug-likeness (QED) is 0.490. The number of hydrogen-bond acceptors (Lipinski definition) is 8. The summed E-state index contributed by atoms with van der Waals surface area (Å²) in [4.78, 5) is 39.2. The van der Waals surface area contributed by atoms with E-state index in [1.807, 2.05) is 4.90 Å². The predicted octanol–water partition coefficient (Wildman–Crippen LogP) is -0.573. The van der Waals surface area contributed by atoms with Crippen LogP contribution >= 0.6 is 0 Å². The fourth-order valence-corrected chi connectivity index (χ4v) is 4.59. The highest BCUT2D eigenvalue weighted by Gasteiger charge is 2.72. The van der Waals surface area contributed by atoms with Gasteiger partial charge in [0.1, 0.15) is 6.61 Å². The molecule has 4 rings (SSSR count). The molecular formula is C17H21N3O6. The van der Waals surface area contributed by atoms with Gasteiger partial charge in [0, 0.05) is 30.8 Å². The molecule has 3 heterocycles. The van der Waals surface area contributed by atoms with Crippen molar-refractivity contribution in [1.29, 1.82) is 0 Å². The fraction of sp³-hybridized carbons (Fsp3) is 0.588. The van der Waals surface area contributed by atoms with Crippen LogP contribution in [0.3, 0.4) is 0 Å². The molecule has 0 radical (unpaired) electrons. The van der Waals surface area contributed by atoms with E-state index in [0.717, 1.165) is 0 Å². The lowest BCUT2D eigenvalue weighted by Crippen LogP contribution is -2.55. The number of Topliss-reactive ketones (excluding diaryl/α,β-unsaturated/α-hetero) is 2.